The Morgan fingerprint density at radius 3 is 2.82 bits per heavy atom. The van der Waals surface area contributed by atoms with Gasteiger partial charge in [-0.3, -0.25) is 4.99 Å². The molecule has 0 spiro atoms. The van der Waals surface area contributed by atoms with E-state index in [2.05, 4.69) is 27.5 Å². The summed E-state index contributed by atoms with van der Waals surface area (Å²) in [5.74, 6) is 6.12. The van der Waals surface area contributed by atoms with Crippen molar-refractivity contribution in [1.82, 2.24) is 10.6 Å². The number of ether oxygens (including phenoxy) is 1. The van der Waals surface area contributed by atoms with Gasteiger partial charge in [-0.25, -0.2) is 0 Å². The van der Waals surface area contributed by atoms with Crippen molar-refractivity contribution in [3.8, 4) is 11.8 Å². The molecule has 154 valence electrons. The minimum Gasteiger partial charge on any atom is -0.396 e. The third kappa shape index (κ3) is 6.73. The summed E-state index contributed by atoms with van der Waals surface area (Å²) >= 11 is 0. The molecule has 3 N–H and O–H groups in total. The molecule has 28 heavy (non-hydrogen) atoms. The number of hydrogen-bond donors (Lipinski definition) is 3. The minimum absolute atomic E-state index is 0.0886. The topological polar surface area (TPSA) is 65.9 Å². The summed E-state index contributed by atoms with van der Waals surface area (Å²) in [6.07, 6.45) is -2.90. The van der Waals surface area contributed by atoms with E-state index >= 15 is 0 Å². The van der Waals surface area contributed by atoms with Crippen LogP contribution in [0.1, 0.15) is 30.9 Å². The summed E-state index contributed by atoms with van der Waals surface area (Å²) in [6.45, 7) is 4.69. The molecular weight excluding hydrogens is 371 g/mol. The molecule has 0 aliphatic carbocycles. The summed E-state index contributed by atoms with van der Waals surface area (Å²) in [5, 5.41) is 15.5. The minimum atomic E-state index is -4.38. The Morgan fingerprint density at radius 2 is 2.18 bits per heavy atom. The molecule has 1 fully saturated rings. The summed E-state index contributed by atoms with van der Waals surface area (Å²) in [6, 6.07) is 4.94. The number of rotatable bonds is 6. The summed E-state index contributed by atoms with van der Waals surface area (Å²) in [4.78, 5) is 4.56. The van der Waals surface area contributed by atoms with Gasteiger partial charge in [0.25, 0.3) is 0 Å². The third-order valence-electron chi connectivity index (χ3n) is 4.51. The fourth-order valence-electron chi connectivity index (χ4n) is 2.92. The normalized spacial score (nSPS) is 19.8. The van der Waals surface area contributed by atoms with Crippen LogP contribution in [0.2, 0.25) is 0 Å². The second-order valence-electron chi connectivity index (χ2n) is 6.71. The van der Waals surface area contributed by atoms with Crippen LogP contribution in [-0.4, -0.2) is 50.5 Å². The summed E-state index contributed by atoms with van der Waals surface area (Å²) in [5.41, 5.74) is -0.556. The van der Waals surface area contributed by atoms with Crippen LogP contribution >= 0.6 is 0 Å². The van der Waals surface area contributed by atoms with Gasteiger partial charge >= 0.3 is 6.18 Å². The van der Waals surface area contributed by atoms with E-state index in [-0.39, 0.29) is 18.6 Å². The first-order valence-corrected chi connectivity index (χ1v) is 9.25. The Balaban J connectivity index is 1.96. The zero-order valence-corrected chi connectivity index (χ0v) is 15.9. The molecule has 1 heterocycles. The molecule has 1 aliphatic rings. The first kappa shape index (κ1) is 22.1. The van der Waals surface area contributed by atoms with Crippen molar-refractivity contribution in [3.05, 3.63) is 35.4 Å². The predicted octanol–water partition coefficient (Wildman–Crippen LogP) is 2.40. The summed E-state index contributed by atoms with van der Waals surface area (Å²) < 4.78 is 43.7. The van der Waals surface area contributed by atoms with Crippen LogP contribution in [0.15, 0.2) is 29.3 Å². The van der Waals surface area contributed by atoms with Gasteiger partial charge in [0.2, 0.25) is 0 Å². The highest BCUT2D eigenvalue weighted by Gasteiger charge is 2.34. The fourth-order valence-corrected chi connectivity index (χ4v) is 2.92. The molecule has 0 aromatic heterocycles. The van der Waals surface area contributed by atoms with E-state index in [1.807, 2.05) is 6.92 Å². The predicted molar refractivity (Wildman–Crippen MR) is 102 cm³/mol. The van der Waals surface area contributed by atoms with E-state index in [1.165, 1.54) is 6.07 Å². The Bertz CT molecular complexity index is 717. The van der Waals surface area contributed by atoms with Gasteiger partial charge in [0.05, 0.1) is 25.3 Å². The van der Waals surface area contributed by atoms with Crippen LogP contribution in [0.5, 0.6) is 0 Å². The van der Waals surface area contributed by atoms with E-state index in [0.29, 0.717) is 44.2 Å². The molecule has 1 aromatic carbocycles. The number of alkyl halides is 3. The van der Waals surface area contributed by atoms with Gasteiger partial charge in [-0.2, -0.15) is 13.2 Å². The Kier molecular flexibility index (Phi) is 8.15. The van der Waals surface area contributed by atoms with Crippen LogP contribution < -0.4 is 10.6 Å². The number of aliphatic imine (C=N–C) groups is 1. The Labute approximate surface area is 163 Å². The highest BCUT2D eigenvalue weighted by molar-refractivity contribution is 5.80. The Hall–Kier alpha value is -2.24. The van der Waals surface area contributed by atoms with Crippen molar-refractivity contribution in [2.75, 3.05) is 39.5 Å². The number of aliphatic hydroxyl groups is 1. The zero-order chi connectivity index (χ0) is 20.5. The average Bonchev–Trinajstić information content (AvgIpc) is 3.12. The van der Waals surface area contributed by atoms with Gasteiger partial charge in [0.15, 0.2) is 5.96 Å². The number of halogens is 3. The molecule has 1 aliphatic heterocycles. The highest BCUT2D eigenvalue weighted by Crippen LogP contribution is 2.32. The van der Waals surface area contributed by atoms with Crippen LogP contribution in [0.4, 0.5) is 13.2 Å². The molecule has 8 heteroatoms. The van der Waals surface area contributed by atoms with Crippen molar-refractivity contribution < 1.29 is 23.0 Å². The lowest BCUT2D eigenvalue weighted by Gasteiger charge is -2.24. The SMILES string of the molecule is CCNC(=NCC1(CCO)CCOC1)NCC#Cc1cccc(C(F)(F)F)c1. The number of nitrogens with zero attached hydrogens (tertiary/aromatic N) is 1. The lowest BCUT2D eigenvalue weighted by atomic mass is 9.84. The molecule has 0 saturated carbocycles. The molecule has 1 unspecified atom stereocenters. The number of nitrogens with one attached hydrogen (secondary N) is 2. The molecular formula is C20H26F3N3O2. The molecule has 0 radical (unpaired) electrons. The van der Waals surface area contributed by atoms with Crippen molar-refractivity contribution in [2.45, 2.75) is 25.9 Å². The third-order valence-corrected chi connectivity index (χ3v) is 4.51. The van der Waals surface area contributed by atoms with E-state index in [1.54, 1.807) is 6.07 Å². The van der Waals surface area contributed by atoms with Crippen LogP contribution in [-0.2, 0) is 10.9 Å². The zero-order valence-electron chi connectivity index (χ0n) is 15.9. The second-order valence-corrected chi connectivity index (χ2v) is 6.71. The number of aliphatic hydroxyl groups excluding tert-OH is 1. The highest BCUT2D eigenvalue weighted by atomic mass is 19.4. The van der Waals surface area contributed by atoms with Crippen molar-refractivity contribution in [1.29, 1.82) is 0 Å². The van der Waals surface area contributed by atoms with Crippen molar-refractivity contribution >= 4 is 5.96 Å². The lowest BCUT2D eigenvalue weighted by Crippen LogP contribution is -2.39. The van der Waals surface area contributed by atoms with Crippen LogP contribution in [0.25, 0.3) is 0 Å². The maximum Gasteiger partial charge on any atom is 0.416 e. The molecule has 0 bridgehead atoms. The molecule has 1 atom stereocenters. The maximum absolute atomic E-state index is 12.7. The van der Waals surface area contributed by atoms with E-state index in [4.69, 9.17) is 4.74 Å². The van der Waals surface area contributed by atoms with Crippen molar-refractivity contribution in [3.63, 3.8) is 0 Å². The van der Waals surface area contributed by atoms with E-state index in [0.717, 1.165) is 18.6 Å². The first-order valence-electron chi connectivity index (χ1n) is 9.25. The Morgan fingerprint density at radius 1 is 1.36 bits per heavy atom. The standard InChI is InChI=1S/C20H26F3N3O2/c1-2-24-18(26-14-19(8-11-27)9-12-28-15-19)25-10-4-6-16-5-3-7-17(13-16)20(21,22)23/h3,5,7,13,27H,2,8-12,14-15H2,1H3,(H2,24,25,26). The molecule has 0 amide bonds. The number of benzene rings is 1. The monoisotopic (exact) mass is 397 g/mol. The average molecular weight is 397 g/mol. The molecule has 1 aromatic rings. The van der Waals surface area contributed by atoms with Crippen LogP contribution in [0.3, 0.4) is 0 Å². The smallest absolute Gasteiger partial charge is 0.396 e. The van der Waals surface area contributed by atoms with Gasteiger partial charge in [-0.05, 0) is 38.0 Å². The molecule has 5 nitrogen and oxygen atoms in total. The number of hydrogen-bond acceptors (Lipinski definition) is 3. The summed E-state index contributed by atoms with van der Waals surface area (Å²) in [7, 11) is 0. The van der Waals surface area contributed by atoms with Crippen molar-refractivity contribution in [2.24, 2.45) is 10.4 Å². The van der Waals surface area contributed by atoms with Gasteiger partial charge in [-0.1, -0.05) is 17.9 Å². The quantitative estimate of drug-likeness (QED) is 0.392. The molecule has 1 saturated heterocycles. The van der Waals surface area contributed by atoms with Gasteiger partial charge in [0, 0.05) is 30.7 Å². The lowest BCUT2D eigenvalue weighted by molar-refractivity contribution is -0.137. The molecule has 2 rings (SSSR count). The second kappa shape index (κ2) is 10.3. The first-order chi connectivity index (χ1) is 13.4. The van der Waals surface area contributed by atoms with Gasteiger partial charge < -0.3 is 20.5 Å². The van der Waals surface area contributed by atoms with E-state index < -0.39 is 11.7 Å². The van der Waals surface area contributed by atoms with E-state index in [9.17, 15) is 18.3 Å². The van der Waals surface area contributed by atoms with Gasteiger partial charge in [0.1, 0.15) is 0 Å². The fraction of sp³-hybridized carbons (Fsp3) is 0.550. The maximum atomic E-state index is 12.7. The largest absolute Gasteiger partial charge is 0.416 e. The van der Waals surface area contributed by atoms with Gasteiger partial charge in [-0.15, -0.1) is 0 Å². The van der Waals surface area contributed by atoms with Crippen LogP contribution in [0, 0.1) is 17.3 Å². The number of guanidine groups is 1.